The van der Waals surface area contributed by atoms with Crippen LogP contribution in [0, 0.1) is 0 Å². The standard InChI is InChI=1S/C13H19ClO3Si/c1-13(2,3)18(4,5)17-11-8-9(12(15)16)6-7-10(11)14/h6-8H,1-5H3,(H,15,16). The van der Waals surface area contributed by atoms with E-state index in [9.17, 15) is 4.79 Å². The van der Waals surface area contributed by atoms with Gasteiger partial charge in [0.1, 0.15) is 5.75 Å². The van der Waals surface area contributed by atoms with E-state index < -0.39 is 14.3 Å². The van der Waals surface area contributed by atoms with E-state index in [1.807, 2.05) is 0 Å². The first-order valence-electron chi connectivity index (χ1n) is 5.76. The number of aromatic carboxylic acids is 1. The molecule has 1 aromatic carbocycles. The van der Waals surface area contributed by atoms with Crippen molar-refractivity contribution in [3.63, 3.8) is 0 Å². The van der Waals surface area contributed by atoms with Gasteiger partial charge in [0.05, 0.1) is 10.6 Å². The van der Waals surface area contributed by atoms with Gasteiger partial charge in [-0.05, 0) is 36.3 Å². The lowest BCUT2D eigenvalue weighted by atomic mass is 10.2. The highest BCUT2D eigenvalue weighted by Crippen LogP contribution is 2.39. The molecule has 0 unspecified atom stereocenters. The van der Waals surface area contributed by atoms with Crippen molar-refractivity contribution in [3.8, 4) is 5.75 Å². The summed E-state index contributed by atoms with van der Waals surface area (Å²) in [6.07, 6.45) is 0. The fourth-order valence-electron chi connectivity index (χ4n) is 1.14. The van der Waals surface area contributed by atoms with Crippen molar-refractivity contribution in [1.82, 2.24) is 0 Å². The van der Waals surface area contributed by atoms with Crippen LogP contribution >= 0.6 is 11.6 Å². The molecule has 0 atom stereocenters. The van der Waals surface area contributed by atoms with E-state index in [-0.39, 0.29) is 10.6 Å². The quantitative estimate of drug-likeness (QED) is 0.837. The highest BCUT2D eigenvalue weighted by atomic mass is 35.5. The maximum absolute atomic E-state index is 10.9. The number of carboxylic acids is 1. The lowest BCUT2D eigenvalue weighted by molar-refractivity contribution is 0.0696. The zero-order valence-electron chi connectivity index (χ0n) is 11.4. The van der Waals surface area contributed by atoms with Crippen molar-refractivity contribution in [2.24, 2.45) is 0 Å². The normalized spacial score (nSPS) is 12.3. The van der Waals surface area contributed by atoms with Crippen molar-refractivity contribution in [2.45, 2.75) is 38.9 Å². The Bertz CT molecular complexity index is 464. The number of carbonyl (C=O) groups is 1. The monoisotopic (exact) mass is 286 g/mol. The third-order valence-electron chi connectivity index (χ3n) is 3.35. The summed E-state index contributed by atoms with van der Waals surface area (Å²) in [5.41, 5.74) is 0.188. The minimum Gasteiger partial charge on any atom is -0.542 e. The second kappa shape index (κ2) is 4.94. The molecule has 1 N–H and O–H groups in total. The lowest BCUT2D eigenvalue weighted by Crippen LogP contribution is -2.43. The third-order valence-corrected chi connectivity index (χ3v) is 8.00. The summed E-state index contributed by atoms with van der Waals surface area (Å²) < 4.78 is 6.03. The van der Waals surface area contributed by atoms with E-state index in [4.69, 9.17) is 21.1 Å². The zero-order valence-corrected chi connectivity index (χ0v) is 13.1. The molecule has 0 fully saturated rings. The molecule has 1 rings (SSSR count). The van der Waals surface area contributed by atoms with Crippen LogP contribution in [0.3, 0.4) is 0 Å². The Kier molecular flexibility index (Phi) is 4.13. The van der Waals surface area contributed by atoms with Crippen LogP contribution in [-0.4, -0.2) is 19.4 Å². The third kappa shape index (κ3) is 3.27. The van der Waals surface area contributed by atoms with Gasteiger partial charge in [0.15, 0.2) is 0 Å². The summed E-state index contributed by atoms with van der Waals surface area (Å²) in [4.78, 5) is 10.9. The topological polar surface area (TPSA) is 46.5 Å². The smallest absolute Gasteiger partial charge is 0.335 e. The highest BCUT2D eigenvalue weighted by molar-refractivity contribution is 6.74. The van der Waals surface area contributed by atoms with Crippen molar-refractivity contribution in [3.05, 3.63) is 28.8 Å². The first-order chi connectivity index (χ1) is 8.04. The van der Waals surface area contributed by atoms with Gasteiger partial charge < -0.3 is 9.53 Å². The molecule has 0 radical (unpaired) electrons. The molecule has 0 saturated carbocycles. The molecule has 0 aliphatic heterocycles. The number of hydrogen-bond donors (Lipinski definition) is 1. The molecule has 0 spiro atoms. The molecule has 0 bridgehead atoms. The van der Waals surface area contributed by atoms with Gasteiger partial charge in [-0.3, -0.25) is 0 Å². The molecular weight excluding hydrogens is 268 g/mol. The van der Waals surface area contributed by atoms with Gasteiger partial charge in [-0.1, -0.05) is 32.4 Å². The van der Waals surface area contributed by atoms with Gasteiger partial charge in [-0.15, -0.1) is 0 Å². The Morgan fingerprint density at radius 3 is 2.33 bits per heavy atom. The second-order valence-electron chi connectivity index (χ2n) is 5.81. The van der Waals surface area contributed by atoms with E-state index in [0.29, 0.717) is 10.8 Å². The van der Waals surface area contributed by atoms with Gasteiger partial charge in [-0.2, -0.15) is 0 Å². The summed E-state index contributed by atoms with van der Waals surface area (Å²) in [6.45, 7) is 10.5. The minimum atomic E-state index is -2.01. The second-order valence-corrected chi connectivity index (χ2v) is 10.9. The molecule has 0 saturated heterocycles. The Morgan fingerprint density at radius 1 is 1.33 bits per heavy atom. The predicted molar refractivity (Wildman–Crippen MR) is 76.2 cm³/mol. The van der Waals surface area contributed by atoms with E-state index in [1.165, 1.54) is 12.1 Å². The van der Waals surface area contributed by atoms with E-state index in [1.54, 1.807) is 6.07 Å². The largest absolute Gasteiger partial charge is 0.542 e. The number of carboxylic acid groups (broad SMARTS) is 1. The molecule has 100 valence electrons. The molecule has 3 nitrogen and oxygen atoms in total. The van der Waals surface area contributed by atoms with Crippen LogP contribution < -0.4 is 4.43 Å². The van der Waals surface area contributed by atoms with Gasteiger partial charge in [0, 0.05) is 0 Å². The molecule has 0 heterocycles. The Balaban J connectivity index is 3.11. The molecule has 0 amide bonds. The maximum atomic E-state index is 10.9. The molecule has 0 aromatic heterocycles. The van der Waals surface area contributed by atoms with Crippen LogP contribution in [0.4, 0.5) is 0 Å². The summed E-state index contributed by atoms with van der Waals surface area (Å²) in [6, 6.07) is 4.53. The summed E-state index contributed by atoms with van der Waals surface area (Å²) in [5, 5.41) is 9.46. The number of hydrogen-bond acceptors (Lipinski definition) is 2. The van der Waals surface area contributed by atoms with Crippen molar-refractivity contribution < 1.29 is 14.3 Å². The van der Waals surface area contributed by atoms with Crippen LogP contribution in [0.15, 0.2) is 18.2 Å². The molecule has 1 aromatic rings. The molecule has 0 aliphatic rings. The van der Waals surface area contributed by atoms with Crippen molar-refractivity contribution in [2.75, 3.05) is 0 Å². The molecule has 5 heteroatoms. The van der Waals surface area contributed by atoms with E-state index in [0.717, 1.165) is 0 Å². The Morgan fingerprint density at radius 2 is 1.89 bits per heavy atom. The van der Waals surface area contributed by atoms with Crippen LogP contribution in [-0.2, 0) is 0 Å². The minimum absolute atomic E-state index is 0.0373. The fraction of sp³-hybridized carbons (Fsp3) is 0.462. The molecular formula is C13H19ClO3Si. The van der Waals surface area contributed by atoms with Crippen LogP contribution in [0.25, 0.3) is 0 Å². The first kappa shape index (κ1) is 15.1. The first-order valence-corrected chi connectivity index (χ1v) is 9.05. The van der Waals surface area contributed by atoms with Crippen LogP contribution in [0.5, 0.6) is 5.75 Å². The van der Waals surface area contributed by atoms with Gasteiger partial charge >= 0.3 is 5.97 Å². The lowest BCUT2D eigenvalue weighted by Gasteiger charge is -2.36. The highest BCUT2D eigenvalue weighted by Gasteiger charge is 2.39. The van der Waals surface area contributed by atoms with E-state index >= 15 is 0 Å². The predicted octanol–water partition coefficient (Wildman–Crippen LogP) is 4.42. The van der Waals surface area contributed by atoms with Crippen LogP contribution in [0.1, 0.15) is 31.1 Å². The number of benzene rings is 1. The van der Waals surface area contributed by atoms with E-state index in [2.05, 4.69) is 33.9 Å². The summed E-state index contributed by atoms with van der Waals surface area (Å²) in [5.74, 6) is -0.519. The maximum Gasteiger partial charge on any atom is 0.335 e. The summed E-state index contributed by atoms with van der Waals surface area (Å²) >= 11 is 6.06. The number of rotatable bonds is 3. The van der Waals surface area contributed by atoms with Crippen molar-refractivity contribution in [1.29, 1.82) is 0 Å². The van der Waals surface area contributed by atoms with Crippen LogP contribution in [0.2, 0.25) is 23.2 Å². The van der Waals surface area contributed by atoms with Crippen molar-refractivity contribution >= 4 is 25.9 Å². The molecule has 0 aliphatic carbocycles. The Hall–Kier alpha value is -1.00. The van der Waals surface area contributed by atoms with Gasteiger partial charge in [0.25, 0.3) is 8.32 Å². The number of halogens is 1. The zero-order chi connectivity index (χ0) is 14.1. The van der Waals surface area contributed by atoms with Gasteiger partial charge in [-0.25, -0.2) is 4.79 Å². The average molecular weight is 287 g/mol. The molecule has 18 heavy (non-hydrogen) atoms. The van der Waals surface area contributed by atoms with Gasteiger partial charge in [0.2, 0.25) is 0 Å². The SMILES string of the molecule is CC(C)(C)[Si](C)(C)Oc1cc(C(=O)O)ccc1Cl. The fourth-order valence-corrected chi connectivity index (χ4v) is 2.39. The average Bonchev–Trinajstić information content (AvgIpc) is 2.18. The summed E-state index contributed by atoms with van der Waals surface area (Å²) in [7, 11) is -2.01. The Labute approximate surface area is 114 Å².